The average molecular weight is 560 g/mol. The Morgan fingerprint density at radius 1 is 1.12 bits per heavy atom. The average Bonchev–Trinajstić information content (AvgIpc) is 3.47. The molecule has 1 atom stereocenters. The second kappa shape index (κ2) is 13.8. The summed E-state index contributed by atoms with van der Waals surface area (Å²) in [7, 11) is 0. The fraction of sp³-hybridized carbons (Fsp3) is 0.448. The summed E-state index contributed by atoms with van der Waals surface area (Å²) >= 11 is 0. The number of rotatable bonds is 15. The number of aromatic amines is 1. The van der Waals surface area contributed by atoms with Crippen molar-refractivity contribution in [2.45, 2.75) is 51.5 Å². The Labute approximate surface area is 239 Å². The number of anilines is 2. The van der Waals surface area contributed by atoms with Crippen molar-refractivity contribution in [3.8, 4) is 5.75 Å². The second-order valence-corrected chi connectivity index (χ2v) is 10.3. The molecule has 0 spiro atoms. The van der Waals surface area contributed by atoms with Gasteiger partial charge < -0.3 is 25.5 Å². The highest BCUT2D eigenvalue weighted by molar-refractivity contribution is 5.85. The molecule has 0 aromatic carbocycles. The second-order valence-electron chi connectivity index (χ2n) is 10.3. The Morgan fingerprint density at radius 3 is 2.90 bits per heavy atom. The SMILES string of the molecule is Cc1ccc(OCCN(CCCCc2ccc3c(n2)NCCC3)CCC(Nc2ncnc3nc[nH]c23)C(=O)O)cn1. The number of H-pyrrole nitrogens is 1. The fourth-order valence-corrected chi connectivity index (χ4v) is 4.93. The first-order valence-corrected chi connectivity index (χ1v) is 14.2. The highest BCUT2D eigenvalue weighted by atomic mass is 16.5. The number of fused-ring (bicyclic) bond motifs is 2. The van der Waals surface area contributed by atoms with Crippen LogP contribution in [0.4, 0.5) is 11.6 Å². The van der Waals surface area contributed by atoms with Gasteiger partial charge in [-0.15, -0.1) is 0 Å². The van der Waals surface area contributed by atoms with E-state index in [-0.39, 0.29) is 0 Å². The Bertz CT molecular complexity index is 1430. The number of hydrogen-bond donors (Lipinski definition) is 4. The molecular formula is C29H37N9O3. The van der Waals surface area contributed by atoms with Crippen LogP contribution in [0.15, 0.2) is 43.1 Å². The largest absolute Gasteiger partial charge is 0.491 e. The van der Waals surface area contributed by atoms with Crippen molar-refractivity contribution in [1.82, 2.24) is 34.8 Å². The quantitative estimate of drug-likeness (QED) is 0.158. The van der Waals surface area contributed by atoms with Crippen molar-refractivity contribution in [2.24, 2.45) is 0 Å². The number of unbranched alkanes of at least 4 members (excludes halogenated alkanes) is 1. The van der Waals surface area contributed by atoms with Gasteiger partial charge in [0, 0.05) is 31.0 Å². The summed E-state index contributed by atoms with van der Waals surface area (Å²) in [5.74, 6) is 1.24. The zero-order chi connectivity index (χ0) is 28.4. The highest BCUT2D eigenvalue weighted by Crippen LogP contribution is 2.21. The number of aromatic nitrogens is 6. The number of carboxylic acids is 1. The molecular weight excluding hydrogens is 522 g/mol. The molecule has 4 aromatic rings. The molecule has 1 aliphatic rings. The van der Waals surface area contributed by atoms with Crippen molar-refractivity contribution < 1.29 is 14.6 Å². The molecule has 1 unspecified atom stereocenters. The molecule has 0 aliphatic carbocycles. The third-order valence-electron chi connectivity index (χ3n) is 7.24. The van der Waals surface area contributed by atoms with E-state index in [4.69, 9.17) is 9.72 Å². The van der Waals surface area contributed by atoms with Crippen LogP contribution < -0.4 is 15.4 Å². The van der Waals surface area contributed by atoms with Crippen LogP contribution in [0.5, 0.6) is 5.75 Å². The number of nitrogens with zero attached hydrogens (tertiary/aromatic N) is 6. The van der Waals surface area contributed by atoms with Gasteiger partial charge in [0.15, 0.2) is 11.5 Å². The lowest BCUT2D eigenvalue weighted by atomic mass is 10.1. The summed E-state index contributed by atoms with van der Waals surface area (Å²) in [4.78, 5) is 38.9. The van der Waals surface area contributed by atoms with E-state index in [1.807, 2.05) is 19.1 Å². The number of aryl methyl sites for hydroxylation is 3. The standard InChI is InChI=1S/C29H37N9O3/c1-20-7-10-23(17-31-20)41-16-15-38(13-3-2-6-22-9-8-21-5-4-12-30-26(21)36-22)14-11-24(29(39)40)37-28-25-27(33-18-32-25)34-19-35-28/h7-10,17-19,24H,2-6,11-16H2,1H3,(H,30,36)(H,39,40)(H2,32,33,34,35,37). The van der Waals surface area contributed by atoms with Gasteiger partial charge in [0.1, 0.15) is 36.1 Å². The van der Waals surface area contributed by atoms with Crippen LogP contribution >= 0.6 is 0 Å². The molecule has 0 saturated carbocycles. The first-order valence-electron chi connectivity index (χ1n) is 14.2. The van der Waals surface area contributed by atoms with Crippen LogP contribution in [-0.2, 0) is 17.6 Å². The summed E-state index contributed by atoms with van der Waals surface area (Å²) in [5, 5.41) is 16.4. The van der Waals surface area contributed by atoms with E-state index in [0.717, 1.165) is 68.1 Å². The van der Waals surface area contributed by atoms with E-state index >= 15 is 0 Å². The fourth-order valence-electron chi connectivity index (χ4n) is 4.93. The molecule has 216 valence electrons. The van der Waals surface area contributed by atoms with Crippen LogP contribution in [0.2, 0.25) is 0 Å². The Hall–Kier alpha value is -4.32. The molecule has 5 rings (SSSR count). The predicted octanol–water partition coefficient (Wildman–Crippen LogP) is 3.47. The lowest BCUT2D eigenvalue weighted by Crippen LogP contribution is -2.37. The minimum absolute atomic E-state index is 0.388. The van der Waals surface area contributed by atoms with Gasteiger partial charge in [-0.05, 0) is 75.8 Å². The first kappa shape index (κ1) is 28.2. The molecule has 4 N–H and O–H groups in total. The van der Waals surface area contributed by atoms with Crippen molar-refractivity contribution in [1.29, 1.82) is 0 Å². The first-order chi connectivity index (χ1) is 20.0. The molecule has 0 radical (unpaired) electrons. The molecule has 0 fully saturated rings. The van der Waals surface area contributed by atoms with Gasteiger partial charge in [0.2, 0.25) is 0 Å². The van der Waals surface area contributed by atoms with E-state index in [1.54, 1.807) is 6.20 Å². The molecule has 0 saturated heterocycles. The number of pyridine rings is 2. The van der Waals surface area contributed by atoms with E-state index in [2.05, 4.69) is 52.6 Å². The number of carboxylic acid groups (broad SMARTS) is 1. The number of ether oxygens (including phenoxy) is 1. The molecule has 5 heterocycles. The van der Waals surface area contributed by atoms with Gasteiger partial charge >= 0.3 is 5.97 Å². The van der Waals surface area contributed by atoms with Gasteiger partial charge in [-0.3, -0.25) is 9.88 Å². The molecule has 0 bridgehead atoms. The van der Waals surface area contributed by atoms with Crippen LogP contribution in [0.3, 0.4) is 0 Å². The maximum absolute atomic E-state index is 12.1. The van der Waals surface area contributed by atoms with Crippen molar-refractivity contribution in [3.05, 3.63) is 60.1 Å². The van der Waals surface area contributed by atoms with Gasteiger partial charge in [-0.1, -0.05) is 6.07 Å². The van der Waals surface area contributed by atoms with E-state index in [1.165, 1.54) is 18.2 Å². The van der Waals surface area contributed by atoms with Gasteiger partial charge in [-0.25, -0.2) is 24.7 Å². The monoisotopic (exact) mass is 559 g/mol. The van der Waals surface area contributed by atoms with E-state index in [9.17, 15) is 9.90 Å². The minimum Gasteiger partial charge on any atom is -0.491 e. The summed E-state index contributed by atoms with van der Waals surface area (Å²) in [6.07, 6.45) is 10.1. The van der Waals surface area contributed by atoms with Crippen LogP contribution in [0.1, 0.15) is 42.6 Å². The summed E-state index contributed by atoms with van der Waals surface area (Å²) in [6.45, 7) is 5.47. The highest BCUT2D eigenvalue weighted by Gasteiger charge is 2.21. The lowest BCUT2D eigenvalue weighted by molar-refractivity contribution is -0.138. The summed E-state index contributed by atoms with van der Waals surface area (Å²) in [5.41, 5.74) is 4.41. The molecule has 4 aromatic heterocycles. The van der Waals surface area contributed by atoms with Gasteiger partial charge in [0.05, 0.1) is 12.5 Å². The molecule has 12 heteroatoms. The maximum Gasteiger partial charge on any atom is 0.326 e. The summed E-state index contributed by atoms with van der Waals surface area (Å²) in [6, 6.07) is 7.34. The van der Waals surface area contributed by atoms with Gasteiger partial charge in [0.25, 0.3) is 0 Å². The van der Waals surface area contributed by atoms with Gasteiger partial charge in [-0.2, -0.15) is 0 Å². The van der Waals surface area contributed by atoms with Crippen LogP contribution in [0, 0.1) is 6.92 Å². The minimum atomic E-state index is -0.940. The Kier molecular flexibility index (Phi) is 9.53. The normalized spacial score (nSPS) is 13.5. The predicted molar refractivity (Wildman–Crippen MR) is 156 cm³/mol. The number of carbonyl (C=O) groups is 1. The topological polar surface area (TPSA) is 154 Å². The maximum atomic E-state index is 12.1. The summed E-state index contributed by atoms with van der Waals surface area (Å²) < 4.78 is 5.93. The van der Waals surface area contributed by atoms with Crippen LogP contribution in [0.25, 0.3) is 11.2 Å². The van der Waals surface area contributed by atoms with E-state index in [0.29, 0.717) is 43.1 Å². The number of hydrogen-bond acceptors (Lipinski definition) is 10. The lowest BCUT2D eigenvalue weighted by Gasteiger charge is -2.24. The number of imidazole rings is 1. The molecule has 12 nitrogen and oxygen atoms in total. The molecule has 41 heavy (non-hydrogen) atoms. The molecule has 1 aliphatic heterocycles. The smallest absolute Gasteiger partial charge is 0.326 e. The Balaban J connectivity index is 1.16. The van der Waals surface area contributed by atoms with Crippen molar-refractivity contribution in [2.75, 3.05) is 43.4 Å². The number of nitrogens with one attached hydrogen (secondary N) is 3. The Morgan fingerprint density at radius 2 is 2.05 bits per heavy atom. The molecule has 0 amide bonds. The third-order valence-corrected chi connectivity index (χ3v) is 7.24. The van der Waals surface area contributed by atoms with Crippen molar-refractivity contribution >= 4 is 28.8 Å². The van der Waals surface area contributed by atoms with Crippen molar-refractivity contribution in [3.63, 3.8) is 0 Å². The number of aliphatic carboxylic acids is 1. The zero-order valence-corrected chi connectivity index (χ0v) is 23.3. The third kappa shape index (κ3) is 7.88. The van der Waals surface area contributed by atoms with E-state index < -0.39 is 12.0 Å². The zero-order valence-electron chi connectivity index (χ0n) is 23.3. The van der Waals surface area contributed by atoms with Crippen LogP contribution in [-0.4, -0.2) is 84.7 Å².